The average molecular weight is 382 g/mol. The summed E-state index contributed by atoms with van der Waals surface area (Å²) in [6.45, 7) is 4.67. The molecule has 0 aliphatic carbocycles. The number of benzene rings is 2. The van der Waals surface area contributed by atoms with Crippen LogP contribution in [0.3, 0.4) is 0 Å². The van der Waals surface area contributed by atoms with Gasteiger partial charge in [0.25, 0.3) is 5.56 Å². The maximum atomic E-state index is 12.6. The molecule has 1 unspecified atom stereocenters. The fourth-order valence-corrected chi connectivity index (χ4v) is 4.30. The van der Waals surface area contributed by atoms with E-state index in [0.717, 1.165) is 29.0 Å². The molecule has 2 heterocycles. The number of para-hydroxylation sites is 1. The van der Waals surface area contributed by atoms with E-state index in [-0.39, 0.29) is 11.7 Å². The number of thioether (sulfide) groups is 1. The second-order valence-corrected chi connectivity index (χ2v) is 7.64. The average Bonchev–Trinajstić information content (AvgIpc) is 3.02. The van der Waals surface area contributed by atoms with Gasteiger partial charge >= 0.3 is 0 Å². The predicted molar refractivity (Wildman–Crippen MR) is 108 cm³/mol. The first-order valence-electron chi connectivity index (χ1n) is 9.10. The quantitative estimate of drug-likeness (QED) is 0.494. The lowest BCUT2D eigenvalue weighted by atomic mass is 10.1. The fraction of sp³-hybridized carbons (Fsp3) is 0.333. The van der Waals surface area contributed by atoms with Crippen LogP contribution in [0.4, 0.5) is 0 Å². The predicted octanol–water partition coefficient (Wildman–Crippen LogP) is 3.95. The van der Waals surface area contributed by atoms with Crippen LogP contribution in [0.5, 0.6) is 11.5 Å². The number of fused-ring (bicyclic) bond motifs is 2. The van der Waals surface area contributed by atoms with Crippen molar-refractivity contribution in [3.8, 4) is 11.5 Å². The molecule has 140 valence electrons. The largest absolute Gasteiger partial charge is 0.494 e. The molecule has 27 heavy (non-hydrogen) atoms. The van der Waals surface area contributed by atoms with Crippen molar-refractivity contribution in [3.63, 3.8) is 0 Å². The third-order valence-electron chi connectivity index (χ3n) is 4.68. The van der Waals surface area contributed by atoms with Crippen LogP contribution in [-0.2, 0) is 19.2 Å². The molecule has 1 aromatic heterocycles. The lowest BCUT2D eigenvalue weighted by Gasteiger charge is -2.13. The molecule has 5 nitrogen and oxygen atoms in total. The normalized spacial score (nSPS) is 15.6. The van der Waals surface area contributed by atoms with E-state index < -0.39 is 0 Å². The van der Waals surface area contributed by atoms with Crippen molar-refractivity contribution in [1.82, 2.24) is 9.55 Å². The molecule has 0 saturated heterocycles. The van der Waals surface area contributed by atoms with Gasteiger partial charge in [-0.3, -0.25) is 9.36 Å². The van der Waals surface area contributed by atoms with Gasteiger partial charge in [-0.25, -0.2) is 4.98 Å². The minimum Gasteiger partial charge on any atom is -0.494 e. The fourth-order valence-electron chi connectivity index (χ4n) is 3.35. The number of aromatic nitrogens is 2. The van der Waals surface area contributed by atoms with E-state index in [0.29, 0.717) is 22.9 Å². The molecule has 0 amide bonds. The van der Waals surface area contributed by atoms with Crippen molar-refractivity contribution < 1.29 is 9.47 Å². The first-order chi connectivity index (χ1) is 13.1. The van der Waals surface area contributed by atoms with Crippen LogP contribution in [0.15, 0.2) is 46.3 Å². The van der Waals surface area contributed by atoms with E-state index >= 15 is 0 Å². The number of ether oxygens (including phenoxy) is 2. The van der Waals surface area contributed by atoms with E-state index in [1.165, 1.54) is 17.3 Å². The highest BCUT2D eigenvalue weighted by Gasteiger charge is 2.22. The van der Waals surface area contributed by atoms with E-state index in [9.17, 15) is 4.79 Å². The molecule has 1 atom stereocenters. The Balaban J connectivity index is 1.66. The number of nitrogens with zero attached hydrogens (tertiary/aromatic N) is 2. The van der Waals surface area contributed by atoms with Gasteiger partial charge in [-0.05, 0) is 38.1 Å². The third-order valence-corrected chi connectivity index (χ3v) is 5.76. The Morgan fingerprint density at radius 1 is 1.33 bits per heavy atom. The van der Waals surface area contributed by atoms with Crippen molar-refractivity contribution in [2.24, 2.45) is 7.05 Å². The van der Waals surface area contributed by atoms with Gasteiger partial charge in [-0.1, -0.05) is 23.9 Å². The molecule has 0 bridgehead atoms. The van der Waals surface area contributed by atoms with Crippen LogP contribution < -0.4 is 15.0 Å². The van der Waals surface area contributed by atoms with Crippen molar-refractivity contribution in [3.05, 3.63) is 57.9 Å². The molecule has 3 aromatic rings. The monoisotopic (exact) mass is 382 g/mol. The Kier molecular flexibility index (Phi) is 4.83. The van der Waals surface area contributed by atoms with E-state index in [2.05, 4.69) is 24.0 Å². The van der Waals surface area contributed by atoms with Gasteiger partial charge in [-0.15, -0.1) is 0 Å². The molecule has 0 fully saturated rings. The molecule has 1 aliphatic rings. The molecule has 0 saturated carbocycles. The summed E-state index contributed by atoms with van der Waals surface area (Å²) in [5, 5.41) is 1.33. The lowest BCUT2D eigenvalue weighted by molar-refractivity contribution is 0.254. The van der Waals surface area contributed by atoms with E-state index in [4.69, 9.17) is 9.47 Å². The van der Waals surface area contributed by atoms with Crippen LogP contribution in [-0.4, -0.2) is 22.3 Å². The minimum absolute atomic E-state index is 0.0285. The van der Waals surface area contributed by atoms with E-state index in [1.54, 1.807) is 11.6 Å². The van der Waals surface area contributed by atoms with Crippen LogP contribution in [0, 0.1) is 0 Å². The topological polar surface area (TPSA) is 53.3 Å². The Morgan fingerprint density at radius 2 is 2.15 bits per heavy atom. The van der Waals surface area contributed by atoms with Gasteiger partial charge < -0.3 is 9.47 Å². The molecule has 4 rings (SSSR count). The standard InChI is InChI=1S/C21H22N2O3S/c1-4-25-18-10-14-9-13(2)26-19(14)11-15(18)12-27-21-22-17-8-6-5-7-16(17)20(24)23(21)3/h5-8,10-11,13H,4,9,12H2,1-3H3. The highest BCUT2D eigenvalue weighted by Crippen LogP contribution is 2.37. The summed E-state index contributed by atoms with van der Waals surface area (Å²) in [4.78, 5) is 17.2. The number of hydrogen-bond donors (Lipinski definition) is 0. The zero-order valence-electron chi connectivity index (χ0n) is 15.7. The first kappa shape index (κ1) is 17.9. The molecule has 2 aromatic carbocycles. The van der Waals surface area contributed by atoms with Crippen molar-refractivity contribution in [2.45, 2.75) is 37.3 Å². The van der Waals surface area contributed by atoms with Crippen LogP contribution >= 0.6 is 11.8 Å². The molecule has 0 spiro atoms. The Hall–Kier alpha value is -2.47. The molecular formula is C21H22N2O3S. The summed E-state index contributed by atoms with van der Waals surface area (Å²) < 4.78 is 13.4. The summed E-state index contributed by atoms with van der Waals surface area (Å²) in [6, 6.07) is 11.6. The van der Waals surface area contributed by atoms with Gasteiger partial charge in [-0.2, -0.15) is 0 Å². The zero-order valence-corrected chi connectivity index (χ0v) is 16.5. The molecule has 1 aliphatic heterocycles. The van der Waals surface area contributed by atoms with Crippen molar-refractivity contribution in [1.29, 1.82) is 0 Å². The minimum atomic E-state index is -0.0285. The summed E-state index contributed by atoms with van der Waals surface area (Å²) in [5.74, 6) is 2.47. The van der Waals surface area contributed by atoms with Gasteiger partial charge in [0.1, 0.15) is 17.6 Å². The lowest BCUT2D eigenvalue weighted by Crippen LogP contribution is -2.19. The summed E-state index contributed by atoms with van der Waals surface area (Å²) in [7, 11) is 1.76. The van der Waals surface area contributed by atoms with Crippen LogP contribution in [0.2, 0.25) is 0 Å². The van der Waals surface area contributed by atoms with Gasteiger partial charge in [0.05, 0.1) is 17.5 Å². The van der Waals surface area contributed by atoms with Gasteiger partial charge in [0.2, 0.25) is 0 Å². The number of rotatable bonds is 5. The molecule has 6 heteroatoms. The molecular weight excluding hydrogens is 360 g/mol. The summed E-state index contributed by atoms with van der Waals surface area (Å²) in [5.41, 5.74) is 2.94. The second-order valence-electron chi connectivity index (χ2n) is 6.70. The van der Waals surface area contributed by atoms with Gasteiger partial charge in [0.15, 0.2) is 5.16 Å². The van der Waals surface area contributed by atoms with E-state index in [1.807, 2.05) is 31.2 Å². The second kappa shape index (κ2) is 7.27. The van der Waals surface area contributed by atoms with Crippen LogP contribution in [0.1, 0.15) is 25.0 Å². The first-order valence-corrected chi connectivity index (χ1v) is 10.1. The van der Waals surface area contributed by atoms with Crippen LogP contribution in [0.25, 0.3) is 10.9 Å². The Labute approximate surface area is 162 Å². The molecule has 0 N–H and O–H groups in total. The summed E-state index contributed by atoms with van der Waals surface area (Å²) >= 11 is 1.53. The Bertz CT molecular complexity index is 1060. The highest BCUT2D eigenvalue weighted by atomic mass is 32.2. The zero-order chi connectivity index (χ0) is 19.0. The van der Waals surface area contributed by atoms with Crippen molar-refractivity contribution >= 4 is 22.7 Å². The van der Waals surface area contributed by atoms with Crippen molar-refractivity contribution in [2.75, 3.05) is 6.61 Å². The smallest absolute Gasteiger partial charge is 0.261 e. The summed E-state index contributed by atoms with van der Waals surface area (Å²) in [6.07, 6.45) is 1.10. The SMILES string of the molecule is CCOc1cc2c(cc1CSc1nc3ccccc3c(=O)n1C)OC(C)C2. The molecule has 0 radical (unpaired) electrons. The maximum absolute atomic E-state index is 12.6. The maximum Gasteiger partial charge on any atom is 0.261 e. The number of hydrogen-bond acceptors (Lipinski definition) is 5. The van der Waals surface area contributed by atoms with Gasteiger partial charge in [0, 0.05) is 30.3 Å². The highest BCUT2D eigenvalue weighted by molar-refractivity contribution is 7.98. The Morgan fingerprint density at radius 3 is 2.96 bits per heavy atom. The third kappa shape index (κ3) is 3.41.